The van der Waals surface area contributed by atoms with Crippen LogP contribution in [0.4, 0.5) is 8.78 Å². The van der Waals surface area contributed by atoms with E-state index in [1.54, 1.807) is 16.2 Å². The largest absolute Gasteiger partial charge is 0.391 e. The average molecular weight is 365 g/mol. The average Bonchev–Trinajstić information content (AvgIpc) is 3.16. The Labute approximate surface area is 149 Å². The zero-order valence-corrected chi connectivity index (χ0v) is 14.9. The Morgan fingerprint density at radius 3 is 2.76 bits per heavy atom. The minimum Gasteiger partial charge on any atom is -0.391 e. The van der Waals surface area contributed by atoms with Gasteiger partial charge in [0.2, 0.25) is 5.91 Å². The summed E-state index contributed by atoms with van der Waals surface area (Å²) in [6.07, 6.45) is 1.67. The summed E-state index contributed by atoms with van der Waals surface area (Å²) in [4.78, 5) is 16.7. The van der Waals surface area contributed by atoms with Crippen LogP contribution in [0, 0.1) is 18.6 Å². The fourth-order valence-corrected chi connectivity index (χ4v) is 4.23. The number of aryl methyl sites for hydroxylation is 2. The van der Waals surface area contributed by atoms with Gasteiger partial charge in [-0.2, -0.15) is 0 Å². The van der Waals surface area contributed by atoms with Crippen molar-refractivity contribution < 1.29 is 18.7 Å². The summed E-state index contributed by atoms with van der Waals surface area (Å²) in [5, 5.41) is 9.95. The minimum absolute atomic E-state index is 0.0560. The summed E-state index contributed by atoms with van der Waals surface area (Å²) >= 11 is 1.73. The minimum atomic E-state index is -0.931. The van der Waals surface area contributed by atoms with Gasteiger partial charge in [0.1, 0.15) is 0 Å². The summed E-state index contributed by atoms with van der Waals surface area (Å²) in [6.45, 7) is 2.29. The zero-order valence-electron chi connectivity index (χ0n) is 14.0. The van der Waals surface area contributed by atoms with Crippen LogP contribution in [0.15, 0.2) is 30.3 Å². The third-order valence-electron chi connectivity index (χ3n) is 4.54. The number of hydrogen-bond acceptors (Lipinski definition) is 3. The van der Waals surface area contributed by atoms with E-state index in [2.05, 4.69) is 19.1 Å². The Morgan fingerprint density at radius 1 is 1.28 bits per heavy atom. The molecule has 1 fully saturated rings. The summed E-state index contributed by atoms with van der Waals surface area (Å²) in [7, 11) is 0. The van der Waals surface area contributed by atoms with E-state index in [1.807, 2.05) is 0 Å². The number of aliphatic hydroxyl groups is 1. The van der Waals surface area contributed by atoms with E-state index in [9.17, 15) is 18.7 Å². The zero-order chi connectivity index (χ0) is 18.0. The Hall–Kier alpha value is -1.79. The molecule has 2 heterocycles. The maximum Gasteiger partial charge on any atom is 0.223 e. The highest BCUT2D eigenvalue weighted by molar-refractivity contribution is 7.11. The molecule has 134 valence electrons. The molecule has 1 saturated heterocycles. The molecule has 1 N–H and O–H groups in total. The number of benzene rings is 1. The van der Waals surface area contributed by atoms with Gasteiger partial charge in [-0.15, -0.1) is 11.3 Å². The lowest BCUT2D eigenvalue weighted by Gasteiger charge is -2.25. The number of rotatable bonds is 5. The number of aliphatic hydroxyl groups excluding tert-OH is 1. The van der Waals surface area contributed by atoms with Crippen LogP contribution in [0.25, 0.3) is 0 Å². The van der Waals surface area contributed by atoms with Crippen LogP contribution in [0.5, 0.6) is 0 Å². The molecule has 3 rings (SSSR count). The van der Waals surface area contributed by atoms with E-state index < -0.39 is 23.8 Å². The number of halogens is 2. The molecule has 25 heavy (non-hydrogen) atoms. The van der Waals surface area contributed by atoms with E-state index in [0.717, 1.165) is 25.0 Å². The van der Waals surface area contributed by atoms with Crippen molar-refractivity contribution in [2.45, 2.75) is 44.8 Å². The van der Waals surface area contributed by atoms with Crippen molar-refractivity contribution in [3.63, 3.8) is 0 Å². The predicted molar refractivity (Wildman–Crippen MR) is 93.4 cm³/mol. The fraction of sp³-hybridized carbons (Fsp3) is 0.421. The number of likely N-dealkylation sites (tertiary alicyclic amines) is 1. The third-order valence-corrected chi connectivity index (χ3v) is 5.60. The van der Waals surface area contributed by atoms with Crippen molar-refractivity contribution in [1.29, 1.82) is 0 Å². The second kappa shape index (κ2) is 7.62. The SMILES string of the molecule is Cc1ccc(CCCC(=O)N2C[C@@H](O)C[C@@H]2c2ccc(F)c(F)c2)s1. The van der Waals surface area contributed by atoms with Crippen LogP contribution >= 0.6 is 11.3 Å². The lowest BCUT2D eigenvalue weighted by Crippen LogP contribution is -2.31. The lowest BCUT2D eigenvalue weighted by atomic mass is 10.0. The van der Waals surface area contributed by atoms with Crippen LogP contribution < -0.4 is 0 Å². The van der Waals surface area contributed by atoms with Crippen LogP contribution in [0.1, 0.15) is 40.6 Å². The molecule has 1 aliphatic heterocycles. The van der Waals surface area contributed by atoms with Gasteiger partial charge in [0, 0.05) is 22.7 Å². The van der Waals surface area contributed by atoms with Gasteiger partial charge in [-0.1, -0.05) is 6.07 Å². The molecule has 0 saturated carbocycles. The van der Waals surface area contributed by atoms with E-state index in [4.69, 9.17) is 0 Å². The highest BCUT2D eigenvalue weighted by Crippen LogP contribution is 2.33. The van der Waals surface area contributed by atoms with E-state index in [0.29, 0.717) is 18.4 Å². The quantitative estimate of drug-likeness (QED) is 0.870. The Kier molecular flexibility index (Phi) is 5.49. The van der Waals surface area contributed by atoms with Crippen LogP contribution in [-0.4, -0.2) is 28.6 Å². The van der Waals surface area contributed by atoms with E-state index >= 15 is 0 Å². The van der Waals surface area contributed by atoms with Crippen molar-refractivity contribution in [2.24, 2.45) is 0 Å². The van der Waals surface area contributed by atoms with Crippen LogP contribution in [0.2, 0.25) is 0 Å². The molecular weight excluding hydrogens is 344 g/mol. The number of nitrogens with zero attached hydrogens (tertiary/aromatic N) is 1. The number of β-amino-alcohol motifs (C(OH)–C–C–N with tert-alkyl or cyclic N) is 1. The van der Waals surface area contributed by atoms with Crippen molar-refractivity contribution in [1.82, 2.24) is 4.90 Å². The molecule has 1 amide bonds. The number of thiophene rings is 1. The molecule has 2 atom stereocenters. The number of hydrogen-bond donors (Lipinski definition) is 1. The summed E-state index contributed by atoms with van der Waals surface area (Å²) in [5.41, 5.74) is 0.526. The smallest absolute Gasteiger partial charge is 0.223 e. The van der Waals surface area contributed by atoms with E-state index in [1.165, 1.54) is 15.8 Å². The molecule has 2 aromatic rings. The number of carbonyl (C=O) groups excluding carboxylic acids is 1. The van der Waals surface area contributed by atoms with Crippen molar-refractivity contribution in [3.8, 4) is 0 Å². The van der Waals surface area contributed by atoms with Crippen molar-refractivity contribution in [2.75, 3.05) is 6.54 Å². The second-order valence-corrected chi connectivity index (χ2v) is 7.86. The molecule has 0 bridgehead atoms. The highest BCUT2D eigenvalue weighted by Gasteiger charge is 2.35. The van der Waals surface area contributed by atoms with Gasteiger partial charge >= 0.3 is 0 Å². The monoisotopic (exact) mass is 365 g/mol. The Balaban J connectivity index is 1.64. The first-order valence-corrected chi connectivity index (χ1v) is 9.23. The van der Waals surface area contributed by atoms with Gasteiger partial charge in [-0.05, 0) is 56.0 Å². The van der Waals surface area contributed by atoms with Gasteiger partial charge in [0.15, 0.2) is 11.6 Å². The molecule has 1 aliphatic rings. The highest BCUT2D eigenvalue weighted by atomic mass is 32.1. The van der Waals surface area contributed by atoms with Crippen molar-refractivity contribution in [3.05, 3.63) is 57.3 Å². The Morgan fingerprint density at radius 2 is 2.08 bits per heavy atom. The molecule has 6 heteroatoms. The van der Waals surface area contributed by atoms with Crippen molar-refractivity contribution >= 4 is 17.2 Å². The topological polar surface area (TPSA) is 40.5 Å². The molecule has 3 nitrogen and oxygen atoms in total. The summed E-state index contributed by atoms with van der Waals surface area (Å²) in [6, 6.07) is 7.41. The molecular formula is C19H21F2NO2S. The first kappa shape index (κ1) is 18.0. The predicted octanol–water partition coefficient (Wildman–Crippen LogP) is 3.99. The molecule has 0 spiro atoms. The number of carbonyl (C=O) groups is 1. The first-order chi connectivity index (χ1) is 11.9. The number of amides is 1. The Bertz CT molecular complexity index is 762. The van der Waals surface area contributed by atoms with Crippen LogP contribution in [0.3, 0.4) is 0 Å². The standard InChI is InChI=1S/C19H21F2NO2S/c1-12-5-7-15(25-12)3-2-4-19(24)22-11-14(23)10-18(22)13-6-8-16(20)17(21)9-13/h5-9,14,18,23H,2-4,10-11H2,1H3/t14-,18+/m0/s1. The normalized spacial score (nSPS) is 20.2. The second-order valence-electron chi connectivity index (χ2n) is 6.49. The van der Waals surface area contributed by atoms with Crippen LogP contribution in [-0.2, 0) is 11.2 Å². The maximum absolute atomic E-state index is 13.5. The van der Waals surface area contributed by atoms with Gasteiger partial charge in [-0.3, -0.25) is 4.79 Å². The van der Waals surface area contributed by atoms with E-state index in [-0.39, 0.29) is 12.5 Å². The molecule has 0 radical (unpaired) electrons. The van der Waals surface area contributed by atoms with Gasteiger partial charge < -0.3 is 10.0 Å². The molecule has 1 aromatic carbocycles. The van der Waals surface area contributed by atoms with Gasteiger partial charge in [0.05, 0.1) is 12.1 Å². The lowest BCUT2D eigenvalue weighted by molar-refractivity contribution is -0.132. The van der Waals surface area contributed by atoms with Gasteiger partial charge in [0.25, 0.3) is 0 Å². The van der Waals surface area contributed by atoms with Gasteiger partial charge in [-0.25, -0.2) is 8.78 Å². The summed E-state index contributed by atoms with van der Waals surface area (Å²) < 4.78 is 26.7. The molecule has 0 unspecified atom stereocenters. The summed E-state index contributed by atoms with van der Waals surface area (Å²) in [5.74, 6) is -1.90. The fourth-order valence-electron chi connectivity index (χ4n) is 3.30. The first-order valence-electron chi connectivity index (χ1n) is 8.42. The maximum atomic E-state index is 13.5. The molecule has 0 aliphatic carbocycles. The molecule has 1 aromatic heterocycles. The third kappa shape index (κ3) is 4.25.